The number of hydrogen-bond donors (Lipinski definition) is 2. The van der Waals surface area contributed by atoms with Crippen LogP contribution >= 0.6 is 0 Å². The number of nitrogens with zero attached hydrogens (tertiary/aromatic N) is 2. The van der Waals surface area contributed by atoms with Gasteiger partial charge in [0.05, 0.1) is 5.69 Å². The second-order valence-corrected chi connectivity index (χ2v) is 6.10. The Morgan fingerprint density at radius 2 is 1.79 bits per heavy atom. The molecule has 2 N–H and O–H groups in total. The molecule has 0 saturated carbocycles. The van der Waals surface area contributed by atoms with Gasteiger partial charge in [0.15, 0.2) is 0 Å². The van der Waals surface area contributed by atoms with E-state index in [0.717, 1.165) is 16.8 Å². The fourth-order valence-electron chi connectivity index (χ4n) is 2.82. The summed E-state index contributed by atoms with van der Waals surface area (Å²) < 4.78 is 30.9. The Morgan fingerprint density at radius 1 is 1.11 bits per heavy atom. The number of anilines is 2. The molecule has 0 radical (unpaired) electrons. The predicted molar refractivity (Wildman–Crippen MR) is 104 cm³/mol. The maximum Gasteiger partial charge on any atom is 0.324 e. The molecule has 0 aliphatic heterocycles. The van der Waals surface area contributed by atoms with E-state index in [1.165, 1.54) is 12.1 Å². The van der Waals surface area contributed by atoms with Gasteiger partial charge < -0.3 is 10.1 Å². The first-order chi connectivity index (χ1) is 13.4. The summed E-state index contributed by atoms with van der Waals surface area (Å²) in [4.78, 5) is 12.4. The zero-order chi connectivity index (χ0) is 20.1. The highest BCUT2D eigenvalue weighted by molar-refractivity contribution is 6.01. The normalized spacial score (nSPS) is 10.8. The number of nitrogens with one attached hydrogen (secondary N) is 2. The third kappa shape index (κ3) is 4.64. The van der Waals surface area contributed by atoms with Gasteiger partial charge in [-0.25, -0.2) is 13.6 Å². The second kappa shape index (κ2) is 8.51. The monoisotopic (exact) mass is 386 g/mol. The maximum atomic E-state index is 12.4. The Kier molecular flexibility index (Phi) is 5.88. The van der Waals surface area contributed by atoms with Gasteiger partial charge in [0.2, 0.25) is 0 Å². The summed E-state index contributed by atoms with van der Waals surface area (Å²) in [5.74, 6) is 0.873. The molecule has 2 aromatic carbocycles. The van der Waals surface area contributed by atoms with Crippen molar-refractivity contribution in [1.29, 1.82) is 0 Å². The van der Waals surface area contributed by atoms with Crippen molar-refractivity contribution in [1.82, 2.24) is 9.78 Å². The first-order valence-electron chi connectivity index (χ1n) is 8.62. The minimum Gasteiger partial charge on any atom is -0.488 e. The first-order valence-corrected chi connectivity index (χ1v) is 8.62. The molecule has 0 aliphatic rings. The lowest BCUT2D eigenvalue weighted by Gasteiger charge is -2.11. The summed E-state index contributed by atoms with van der Waals surface area (Å²) in [6, 6.07) is 15.4. The molecule has 0 fully saturated rings. The van der Waals surface area contributed by atoms with Gasteiger partial charge in [0.25, 0.3) is 6.43 Å². The van der Waals surface area contributed by atoms with Crippen LogP contribution < -0.4 is 15.4 Å². The minimum absolute atomic E-state index is 0.305. The van der Waals surface area contributed by atoms with Crippen molar-refractivity contribution in [3.05, 3.63) is 60.3 Å². The van der Waals surface area contributed by atoms with E-state index >= 15 is 0 Å². The zero-order valence-corrected chi connectivity index (χ0v) is 15.4. The van der Waals surface area contributed by atoms with Gasteiger partial charge in [-0.2, -0.15) is 5.10 Å². The molecule has 146 valence electrons. The van der Waals surface area contributed by atoms with Crippen molar-refractivity contribution in [2.45, 2.75) is 13.3 Å². The number of urea groups is 1. The standard InChI is InChI=1S/C20H20F2N4O2/c1-13-18(14-6-4-3-5-7-14)19(26(2)25-13)24-20(27)23-15-8-10-16(11-9-15)28-12-17(21)22/h3-11,17H,12H2,1-2H3,(H2,23,24,27). The van der Waals surface area contributed by atoms with E-state index in [9.17, 15) is 13.6 Å². The summed E-state index contributed by atoms with van der Waals surface area (Å²) >= 11 is 0. The van der Waals surface area contributed by atoms with Gasteiger partial charge in [-0.15, -0.1) is 0 Å². The second-order valence-electron chi connectivity index (χ2n) is 6.10. The van der Waals surface area contributed by atoms with Crippen LogP contribution in [0, 0.1) is 6.92 Å². The smallest absolute Gasteiger partial charge is 0.324 e. The van der Waals surface area contributed by atoms with Crippen molar-refractivity contribution in [3.63, 3.8) is 0 Å². The highest BCUT2D eigenvalue weighted by Crippen LogP contribution is 2.31. The van der Waals surface area contributed by atoms with Crippen molar-refractivity contribution < 1.29 is 18.3 Å². The van der Waals surface area contributed by atoms with Crippen LogP contribution in [0.2, 0.25) is 0 Å². The molecule has 1 aromatic heterocycles. The van der Waals surface area contributed by atoms with Crippen LogP contribution in [0.25, 0.3) is 11.1 Å². The zero-order valence-electron chi connectivity index (χ0n) is 15.4. The number of ether oxygens (including phenoxy) is 1. The van der Waals surface area contributed by atoms with Gasteiger partial charge >= 0.3 is 6.03 Å². The van der Waals surface area contributed by atoms with Crippen molar-refractivity contribution in [3.8, 4) is 16.9 Å². The number of halogens is 2. The topological polar surface area (TPSA) is 68.2 Å². The Balaban J connectivity index is 1.70. The van der Waals surface area contributed by atoms with Crippen LogP contribution in [-0.4, -0.2) is 28.8 Å². The summed E-state index contributed by atoms with van der Waals surface area (Å²) in [7, 11) is 1.75. The van der Waals surface area contributed by atoms with Crippen LogP contribution in [0.1, 0.15) is 5.69 Å². The Morgan fingerprint density at radius 3 is 2.43 bits per heavy atom. The average Bonchev–Trinajstić information content (AvgIpc) is 2.95. The Hall–Kier alpha value is -3.42. The van der Waals surface area contributed by atoms with Crippen LogP contribution in [0.5, 0.6) is 5.75 Å². The van der Waals surface area contributed by atoms with Crippen LogP contribution in [0.3, 0.4) is 0 Å². The Labute approximate surface area is 161 Å². The van der Waals surface area contributed by atoms with E-state index in [1.807, 2.05) is 37.3 Å². The molecular weight excluding hydrogens is 366 g/mol. The van der Waals surface area contributed by atoms with Gasteiger partial charge in [0.1, 0.15) is 18.2 Å². The molecule has 0 saturated heterocycles. The molecule has 28 heavy (non-hydrogen) atoms. The number of aromatic nitrogens is 2. The quantitative estimate of drug-likeness (QED) is 0.646. The molecule has 0 spiro atoms. The highest BCUT2D eigenvalue weighted by atomic mass is 19.3. The predicted octanol–water partition coefficient (Wildman–Crippen LogP) is 4.68. The van der Waals surface area contributed by atoms with E-state index in [-0.39, 0.29) is 0 Å². The number of carbonyl (C=O) groups excluding carboxylic acids is 1. The summed E-state index contributed by atoms with van der Waals surface area (Å²) in [6.07, 6.45) is -2.54. The Bertz CT molecular complexity index is 941. The lowest BCUT2D eigenvalue weighted by Crippen LogP contribution is -2.21. The summed E-state index contributed by atoms with van der Waals surface area (Å²) in [6.45, 7) is 1.21. The number of hydrogen-bond acceptors (Lipinski definition) is 3. The number of alkyl halides is 2. The molecule has 8 heteroatoms. The van der Waals surface area contributed by atoms with Gasteiger partial charge in [-0.3, -0.25) is 10.00 Å². The largest absolute Gasteiger partial charge is 0.488 e. The number of carbonyl (C=O) groups is 1. The highest BCUT2D eigenvalue weighted by Gasteiger charge is 2.17. The third-order valence-corrected chi connectivity index (χ3v) is 4.00. The van der Waals surface area contributed by atoms with Crippen LogP contribution in [0.4, 0.5) is 25.1 Å². The molecule has 6 nitrogen and oxygen atoms in total. The number of aryl methyl sites for hydroxylation is 2. The van der Waals surface area contributed by atoms with E-state index in [0.29, 0.717) is 17.3 Å². The lowest BCUT2D eigenvalue weighted by atomic mass is 10.1. The molecular formula is C20H20F2N4O2. The van der Waals surface area contributed by atoms with Crippen molar-refractivity contribution >= 4 is 17.5 Å². The van der Waals surface area contributed by atoms with E-state index in [1.54, 1.807) is 23.9 Å². The molecule has 0 aliphatic carbocycles. The average molecular weight is 386 g/mol. The maximum absolute atomic E-state index is 12.4. The molecule has 0 unspecified atom stereocenters. The summed E-state index contributed by atoms with van der Waals surface area (Å²) in [5, 5.41) is 9.91. The third-order valence-electron chi connectivity index (χ3n) is 4.00. The first kappa shape index (κ1) is 19.3. The number of rotatable bonds is 6. The van der Waals surface area contributed by atoms with Crippen molar-refractivity contribution in [2.24, 2.45) is 7.05 Å². The molecule has 3 aromatic rings. The SMILES string of the molecule is Cc1nn(C)c(NC(=O)Nc2ccc(OCC(F)F)cc2)c1-c1ccccc1. The van der Waals surface area contributed by atoms with Gasteiger partial charge in [-0.05, 0) is 36.8 Å². The van der Waals surface area contributed by atoms with Gasteiger partial charge in [-0.1, -0.05) is 30.3 Å². The molecule has 1 heterocycles. The van der Waals surface area contributed by atoms with Crippen LogP contribution in [-0.2, 0) is 7.05 Å². The molecule has 0 bridgehead atoms. The summed E-state index contributed by atoms with van der Waals surface area (Å²) in [5.41, 5.74) is 3.09. The van der Waals surface area contributed by atoms with Gasteiger partial charge in [0, 0.05) is 18.3 Å². The molecule has 2 amide bonds. The minimum atomic E-state index is -2.54. The van der Waals surface area contributed by atoms with Crippen LogP contribution in [0.15, 0.2) is 54.6 Å². The molecule has 0 atom stereocenters. The van der Waals surface area contributed by atoms with Crippen molar-refractivity contribution in [2.75, 3.05) is 17.2 Å². The fraction of sp³-hybridized carbons (Fsp3) is 0.200. The fourth-order valence-corrected chi connectivity index (χ4v) is 2.82. The molecule has 3 rings (SSSR count). The lowest BCUT2D eigenvalue weighted by molar-refractivity contribution is 0.0819. The van der Waals surface area contributed by atoms with E-state index in [2.05, 4.69) is 15.7 Å². The van der Waals surface area contributed by atoms with E-state index in [4.69, 9.17) is 4.74 Å². The number of amides is 2. The number of benzene rings is 2. The van der Waals surface area contributed by atoms with E-state index < -0.39 is 19.1 Å².